The number of H-pyrrole nitrogens is 1. The molecule has 14 heavy (non-hydrogen) atoms. The highest BCUT2D eigenvalue weighted by Gasteiger charge is 2.10. The summed E-state index contributed by atoms with van der Waals surface area (Å²) in [4.78, 5) is 12.9. The van der Waals surface area contributed by atoms with E-state index in [4.69, 9.17) is 4.42 Å². The maximum atomic E-state index is 10.8. The van der Waals surface area contributed by atoms with E-state index in [0.717, 1.165) is 4.47 Å². The summed E-state index contributed by atoms with van der Waals surface area (Å²) in [5.74, 6) is -0.764. The number of rotatable bonds is 1. The predicted octanol–water partition coefficient (Wildman–Crippen LogP) is 2.10. The largest absolute Gasteiger partial charge is 0.492 e. The van der Waals surface area contributed by atoms with Gasteiger partial charge in [0, 0.05) is 10.0 Å². The number of aromatic nitrogens is 1. The van der Waals surface area contributed by atoms with Gasteiger partial charge >= 0.3 is 5.76 Å². The van der Waals surface area contributed by atoms with Crippen LogP contribution >= 0.6 is 15.9 Å². The topological polar surface area (TPSA) is 66.2 Å². The summed E-state index contributed by atoms with van der Waals surface area (Å²) in [7, 11) is 0. The molecule has 5 heteroatoms. The lowest BCUT2D eigenvalue weighted by Gasteiger charge is -1.96. The van der Waals surface area contributed by atoms with Gasteiger partial charge in [-0.1, -0.05) is 15.9 Å². The molecule has 0 bridgehead atoms. The van der Waals surface area contributed by atoms with Gasteiger partial charge < -0.3 is 9.52 Å². The van der Waals surface area contributed by atoms with E-state index in [9.17, 15) is 9.90 Å². The van der Waals surface area contributed by atoms with Gasteiger partial charge in [0.1, 0.15) is 0 Å². The molecule has 4 nitrogen and oxygen atoms in total. The quantitative estimate of drug-likeness (QED) is 0.821. The van der Waals surface area contributed by atoms with Gasteiger partial charge in [0.2, 0.25) is 5.88 Å². The second kappa shape index (κ2) is 3.34. The van der Waals surface area contributed by atoms with Crippen LogP contribution in [-0.4, -0.2) is 10.1 Å². The van der Waals surface area contributed by atoms with Crippen molar-refractivity contribution in [3.63, 3.8) is 0 Å². The van der Waals surface area contributed by atoms with Gasteiger partial charge in [0.05, 0.1) is 0 Å². The number of benzene rings is 1. The van der Waals surface area contributed by atoms with E-state index in [0.29, 0.717) is 5.56 Å². The Kier molecular flexibility index (Phi) is 2.17. The van der Waals surface area contributed by atoms with Crippen molar-refractivity contribution < 1.29 is 9.52 Å². The van der Waals surface area contributed by atoms with Crippen molar-refractivity contribution in [2.45, 2.75) is 0 Å². The Morgan fingerprint density at radius 2 is 1.93 bits per heavy atom. The molecule has 2 aromatic rings. The van der Waals surface area contributed by atoms with Crippen molar-refractivity contribution in [1.82, 2.24) is 4.98 Å². The number of hydrogen-bond acceptors (Lipinski definition) is 3. The van der Waals surface area contributed by atoms with E-state index >= 15 is 0 Å². The van der Waals surface area contributed by atoms with E-state index in [1.54, 1.807) is 24.3 Å². The molecule has 1 heterocycles. The molecule has 0 amide bonds. The Balaban J connectivity index is 2.54. The van der Waals surface area contributed by atoms with E-state index in [1.165, 1.54) is 0 Å². The minimum absolute atomic E-state index is 0.155. The van der Waals surface area contributed by atoms with Gasteiger partial charge in [0.25, 0.3) is 0 Å². The molecule has 0 unspecified atom stereocenters. The van der Waals surface area contributed by atoms with Gasteiger partial charge in [-0.2, -0.15) is 0 Å². The molecule has 0 saturated heterocycles. The summed E-state index contributed by atoms with van der Waals surface area (Å²) in [6.45, 7) is 0. The number of aromatic hydroxyl groups is 1. The minimum atomic E-state index is -0.666. The summed E-state index contributed by atoms with van der Waals surface area (Å²) < 4.78 is 5.68. The van der Waals surface area contributed by atoms with Gasteiger partial charge in [-0.05, 0) is 24.3 Å². The normalized spacial score (nSPS) is 10.4. The first kappa shape index (κ1) is 9.08. The number of halogens is 1. The zero-order valence-corrected chi connectivity index (χ0v) is 8.54. The summed E-state index contributed by atoms with van der Waals surface area (Å²) >= 11 is 3.28. The van der Waals surface area contributed by atoms with E-state index < -0.39 is 5.76 Å². The third-order valence-electron chi connectivity index (χ3n) is 1.74. The monoisotopic (exact) mass is 255 g/mol. The van der Waals surface area contributed by atoms with Gasteiger partial charge in [-0.3, -0.25) is 4.98 Å². The maximum Gasteiger partial charge on any atom is 0.419 e. The molecule has 2 rings (SSSR count). The molecular weight excluding hydrogens is 250 g/mol. The van der Waals surface area contributed by atoms with Crippen LogP contribution in [0, 0.1) is 0 Å². The van der Waals surface area contributed by atoms with Crippen molar-refractivity contribution in [3.05, 3.63) is 39.3 Å². The van der Waals surface area contributed by atoms with Gasteiger partial charge in [0.15, 0.2) is 5.76 Å². The van der Waals surface area contributed by atoms with Crippen LogP contribution in [0.2, 0.25) is 0 Å². The second-order valence-electron chi connectivity index (χ2n) is 2.70. The van der Waals surface area contributed by atoms with E-state index in [2.05, 4.69) is 20.9 Å². The van der Waals surface area contributed by atoms with Crippen LogP contribution in [0.25, 0.3) is 11.3 Å². The number of aromatic amines is 1. The summed E-state index contributed by atoms with van der Waals surface area (Å²) in [6, 6.07) is 7.05. The van der Waals surface area contributed by atoms with Crippen LogP contribution < -0.4 is 5.76 Å². The summed E-state index contributed by atoms with van der Waals surface area (Å²) in [5, 5.41) is 9.29. The van der Waals surface area contributed by atoms with E-state index in [-0.39, 0.29) is 11.6 Å². The lowest BCUT2D eigenvalue weighted by atomic mass is 10.2. The Labute approximate surface area is 87.3 Å². The highest BCUT2D eigenvalue weighted by Crippen LogP contribution is 2.26. The van der Waals surface area contributed by atoms with Gasteiger partial charge in [-0.25, -0.2) is 4.79 Å². The fourth-order valence-corrected chi connectivity index (χ4v) is 1.38. The molecule has 2 N–H and O–H groups in total. The Hall–Kier alpha value is -1.49. The molecule has 0 aliphatic heterocycles. The first-order chi connectivity index (χ1) is 6.66. The van der Waals surface area contributed by atoms with Gasteiger partial charge in [-0.15, -0.1) is 0 Å². The minimum Gasteiger partial charge on any atom is -0.492 e. The molecular formula is C9H6BrNO3. The Bertz CT molecular complexity index is 498. The Morgan fingerprint density at radius 1 is 1.29 bits per heavy atom. The van der Waals surface area contributed by atoms with Crippen molar-refractivity contribution in [2.24, 2.45) is 0 Å². The van der Waals surface area contributed by atoms with Crippen LogP contribution in [0.5, 0.6) is 5.88 Å². The lowest BCUT2D eigenvalue weighted by molar-refractivity contribution is 0.452. The predicted molar refractivity (Wildman–Crippen MR) is 54.1 cm³/mol. The fraction of sp³-hybridized carbons (Fsp3) is 0. The standard InChI is InChI=1S/C9H6BrNO3/c10-6-3-1-5(2-4-6)7-8(12)11-9(13)14-7/h1-4,12H,(H,11,13). The molecule has 72 valence electrons. The van der Waals surface area contributed by atoms with Crippen LogP contribution in [-0.2, 0) is 0 Å². The first-order valence-corrected chi connectivity index (χ1v) is 4.64. The van der Waals surface area contributed by atoms with Crippen LogP contribution in [0.1, 0.15) is 0 Å². The van der Waals surface area contributed by atoms with Crippen molar-refractivity contribution in [2.75, 3.05) is 0 Å². The SMILES string of the molecule is O=c1[nH]c(O)c(-c2ccc(Br)cc2)o1. The Morgan fingerprint density at radius 3 is 2.43 bits per heavy atom. The lowest BCUT2D eigenvalue weighted by Crippen LogP contribution is -1.92. The van der Waals surface area contributed by atoms with Crippen LogP contribution in [0.3, 0.4) is 0 Å². The summed E-state index contributed by atoms with van der Waals surface area (Å²) in [5.41, 5.74) is 0.643. The average molecular weight is 256 g/mol. The third kappa shape index (κ3) is 1.58. The maximum absolute atomic E-state index is 10.8. The number of oxazole rings is 1. The van der Waals surface area contributed by atoms with Crippen LogP contribution in [0.4, 0.5) is 0 Å². The zero-order chi connectivity index (χ0) is 10.1. The molecule has 0 atom stereocenters. The highest BCUT2D eigenvalue weighted by molar-refractivity contribution is 9.10. The first-order valence-electron chi connectivity index (χ1n) is 3.85. The van der Waals surface area contributed by atoms with Crippen molar-refractivity contribution in [1.29, 1.82) is 0 Å². The van der Waals surface area contributed by atoms with Crippen molar-refractivity contribution >= 4 is 15.9 Å². The summed E-state index contributed by atoms with van der Waals surface area (Å²) in [6.07, 6.45) is 0. The molecule has 0 aliphatic rings. The van der Waals surface area contributed by atoms with E-state index in [1.807, 2.05) is 0 Å². The molecule has 1 aromatic heterocycles. The third-order valence-corrected chi connectivity index (χ3v) is 2.27. The zero-order valence-electron chi connectivity index (χ0n) is 6.95. The average Bonchev–Trinajstić information content (AvgIpc) is 2.47. The molecule has 1 aromatic carbocycles. The molecule has 0 fully saturated rings. The molecule has 0 aliphatic carbocycles. The number of nitrogens with one attached hydrogen (secondary N) is 1. The molecule has 0 saturated carbocycles. The fourth-order valence-electron chi connectivity index (χ4n) is 1.12. The second-order valence-corrected chi connectivity index (χ2v) is 3.61. The highest BCUT2D eigenvalue weighted by atomic mass is 79.9. The number of hydrogen-bond donors (Lipinski definition) is 2. The molecule has 0 radical (unpaired) electrons. The van der Waals surface area contributed by atoms with Crippen molar-refractivity contribution in [3.8, 4) is 17.2 Å². The van der Waals surface area contributed by atoms with Crippen LogP contribution in [0.15, 0.2) is 37.9 Å². The smallest absolute Gasteiger partial charge is 0.419 e. The molecule has 0 spiro atoms.